The second-order valence-corrected chi connectivity index (χ2v) is 5.09. The standard InChI is InChI=1S/C16H16N2O3/c1-11-7-14(17-21-11)9-18(2)16(19)13-8-12-5-3-4-6-15(12)20-10-13/h3-8H,9-10H2,1-2H3. The van der Waals surface area contributed by atoms with Crippen LogP contribution in [0.15, 0.2) is 40.4 Å². The largest absolute Gasteiger partial charge is 0.488 e. The van der Waals surface area contributed by atoms with Crippen molar-refractivity contribution in [2.75, 3.05) is 13.7 Å². The van der Waals surface area contributed by atoms with Gasteiger partial charge in [-0.1, -0.05) is 23.4 Å². The van der Waals surface area contributed by atoms with Crippen molar-refractivity contribution in [2.24, 2.45) is 0 Å². The van der Waals surface area contributed by atoms with Gasteiger partial charge in [0.25, 0.3) is 5.91 Å². The third kappa shape index (κ3) is 2.81. The van der Waals surface area contributed by atoms with Crippen molar-refractivity contribution in [2.45, 2.75) is 13.5 Å². The number of fused-ring (bicyclic) bond motifs is 1. The van der Waals surface area contributed by atoms with Crippen LogP contribution < -0.4 is 4.74 Å². The lowest BCUT2D eigenvalue weighted by Gasteiger charge is -2.21. The molecule has 0 spiro atoms. The van der Waals surface area contributed by atoms with E-state index in [-0.39, 0.29) is 12.5 Å². The Bertz CT molecular complexity index is 703. The van der Waals surface area contributed by atoms with E-state index in [4.69, 9.17) is 9.26 Å². The molecule has 0 saturated heterocycles. The molecule has 0 bridgehead atoms. The third-order valence-corrected chi connectivity index (χ3v) is 3.33. The average Bonchev–Trinajstić information content (AvgIpc) is 2.91. The number of nitrogens with zero attached hydrogens (tertiary/aromatic N) is 2. The van der Waals surface area contributed by atoms with Gasteiger partial charge >= 0.3 is 0 Å². The zero-order valence-corrected chi connectivity index (χ0v) is 12.0. The van der Waals surface area contributed by atoms with Crippen LogP contribution in [0.3, 0.4) is 0 Å². The second kappa shape index (κ2) is 5.44. The summed E-state index contributed by atoms with van der Waals surface area (Å²) < 4.78 is 10.6. The van der Waals surface area contributed by atoms with Crippen LogP contribution >= 0.6 is 0 Å². The number of carbonyl (C=O) groups excluding carboxylic acids is 1. The van der Waals surface area contributed by atoms with Crippen molar-refractivity contribution in [3.8, 4) is 5.75 Å². The topological polar surface area (TPSA) is 55.6 Å². The molecule has 108 valence electrons. The van der Waals surface area contributed by atoms with Gasteiger partial charge in [0, 0.05) is 18.7 Å². The minimum atomic E-state index is -0.0647. The first-order valence-electron chi connectivity index (χ1n) is 6.73. The average molecular weight is 284 g/mol. The van der Waals surface area contributed by atoms with E-state index in [2.05, 4.69) is 5.16 Å². The molecule has 21 heavy (non-hydrogen) atoms. The van der Waals surface area contributed by atoms with E-state index in [1.165, 1.54) is 0 Å². The molecule has 0 radical (unpaired) electrons. The van der Waals surface area contributed by atoms with E-state index in [0.717, 1.165) is 22.8 Å². The molecule has 1 aromatic heterocycles. The van der Waals surface area contributed by atoms with Crippen LogP contribution in [0.4, 0.5) is 0 Å². The van der Waals surface area contributed by atoms with Gasteiger partial charge in [-0.2, -0.15) is 0 Å². The molecule has 1 amide bonds. The summed E-state index contributed by atoms with van der Waals surface area (Å²) in [4.78, 5) is 14.0. The fourth-order valence-electron chi connectivity index (χ4n) is 2.29. The lowest BCUT2D eigenvalue weighted by atomic mass is 10.1. The smallest absolute Gasteiger partial charge is 0.253 e. The Morgan fingerprint density at radius 1 is 1.38 bits per heavy atom. The number of aryl methyl sites for hydroxylation is 1. The molecule has 1 aromatic carbocycles. The molecule has 1 aliphatic heterocycles. The Hall–Kier alpha value is -2.56. The van der Waals surface area contributed by atoms with E-state index >= 15 is 0 Å². The first-order valence-corrected chi connectivity index (χ1v) is 6.73. The molecular weight excluding hydrogens is 268 g/mol. The highest BCUT2D eigenvalue weighted by Gasteiger charge is 2.20. The zero-order chi connectivity index (χ0) is 14.8. The summed E-state index contributed by atoms with van der Waals surface area (Å²) >= 11 is 0. The summed E-state index contributed by atoms with van der Waals surface area (Å²) in [6, 6.07) is 9.50. The molecule has 0 N–H and O–H groups in total. The molecule has 0 atom stereocenters. The highest BCUT2D eigenvalue weighted by atomic mass is 16.5. The molecule has 0 fully saturated rings. The van der Waals surface area contributed by atoms with E-state index in [1.54, 1.807) is 11.9 Å². The summed E-state index contributed by atoms with van der Waals surface area (Å²) in [6.07, 6.45) is 1.88. The van der Waals surface area contributed by atoms with E-state index < -0.39 is 0 Å². The Kier molecular flexibility index (Phi) is 3.48. The number of amides is 1. The van der Waals surface area contributed by atoms with E-state index in [0.29, 0.717) is 12.1 Å². The minimum absolute atomic E-state index is 0.0647. The maximum Gasteiger partial charge on any atom is 0.253 e. The number of rotatable bonds is 3. The van der Waals surface area contributed by atoms with E-state index in [1.807, 2.05) is 43.3 Å². The maximum absolute atomic E-state index is 12.4. The van der Waals surface area contributed by atoms with Gasteiger partial charge in [-0.25, -0.2) is 0 Å². The molecular formula is C16H16N2O3. The normalized spacial score (nSPS) is 13.1. The van der Waals surface area contributed by atoms with Crippen molar-refractivity contribution >= 4 is 12.0 Å². The van der Waals surface area contributed by atoms with Crippen LogP contribution in [0.2, 0.25) is 0 Å². The number of carbonyl (C=O) groups is 1. The van der Waals surface area contributed by atoms with Gasteiger partial charge < -0.3 is 14.2 Å². The lowest BCUT2D eigenvalue weighted by molar-refractivity contribution is -0.126. The van der Waals surface area contributed by atoms with Crippen molar-refractivity contribution < 1.29 is 14.1 Å². The number of ether oxygens (including phenoxy) is 1. The van der Waals surface area contributed by atoms with Crippen LogP contribution in [0, 0.1) is 6.92 Å². The zero-order valence-electron chi connectivity index (χ0n) is 12.0. The van der Waals surface area contributed by atoms with Crippen molar-refractivity contribution in [1.29, 1.82) is 0 Å². The Labute approximate surface area is 122 Å². The monoisotopic (exact) mass is 284 g/mol. The van der Waals surface area contributed by atoms with Gasteiger partial charge in [-0.05, 0) is 19.1 Å². The van der Waals surface area contributed by atoms with E-state index in [9.17, 15) is 4.79 Å². The van der Waals surface area contributed by atoms with Crippen LogP contribution in [-0.4, -0.2) is 29.6 Å². The highest BCUT2D eigenvalue weighted by molar-refractivity contribution is 5.98. The predicted molar refractivity (Wildman–Crippen MR) is 77.6 cm³/mol. The van der Waals surface area contributed by atoms with Gasteiger partial charge in [0.15, 0.2) is 0 Å². The van der Waals surface area contributed by atoms with Crippen LogP contribution in [-0.2, 0) is 11.3 Å². The Morgan fingerprint density at radius 2 is 2.19 bits per heavy atom. The van der Waals surface area contributed by atoms with Crippen LogP contribution in [0.1, 0.15) is 17.0 Å². The Balaban J connectivity index is 1.75. The minimum Gasteiger partial charge on any atom is -0.488 e. The molecule has 3 rings (SSSR count). The first-order chi connectivity index (χ1) is 10.1. The van der Waals surface area contributed by atoms with Gasteiger partial charge in [0.05, 0.1) is 12.1 Å². The predicted octanol–water partition coefficient (Wildman–Crippen LogP) is 2.42. The molecule has 0 saturated carbocycles. The highest BCUT2D eigenvalue weighted by Crippen LogP contribution is 2.26. The summed E-state index contributed by atoms with van der Waals surface area (Å²) in [5.74, 6) is 1.48. The molecule has 2 aromatic rings. The molecule has 0 unspecified atom stereocenters. The fraction of sp³-hybridized carbons (Fsp3) is 0.250. The summed E-state index contributed by atoms with van der Waals surface area (Å²) in [5, 5.41) is 3.90. The van der Waals surface area contributed by atoms with Gasteiger partial charge in [-0.15, -0.1) is 0 Å². The molecule has 5 heteroatoms. The molecule has 0 aliphatic carbocycles. The maximum atomic E-state index is 12.4. The third-order valence-electron chi connectivity index (χ3n) is 3.33. The van der Waals surface area contributed by atoms with Crippen molar-refractivity contribution in [3.63, 3.8) is 0 Å². The number of aromatic nitrogens is 1. The summed E-state index contributed by atoms with van der Waals surface area (Å²) in [5.41, 5.74) is 2.30. The summed E-state index contributed by atoms with van der Waals surface area (Å²) in [7, 11) is 1.74. The summed E-state index contributed by atoms with van der Waals surface area (Å²) in [6.45, 7) is 2.53. The van der Waals surface area contributed by atoms with Gasteiger partial charge in [0.1, 0.15) is 23.8 Å². The second-order valence-electron chi connectivity index (χ2n) is 5.09. The van der Waals surface area contributed by atoms with Gasteiger partial charge in [-0.3, -0.25) is 4.79 Å². The molecule has 2 heterocycles. The van der Waals surface area contributed by atoms with Crippen LogP contribution in [0.25, 0.3) is 6.08 Å². The first kappa shape index (κ1) is 13.4. The number of hydrogen-bond acceptors (Lipinski definition) is 4. The Morgan fingerprint density at radius 3 is 2.95 bits per heavy atom. The van der Waals surface area contributed by atoms with Crippen LogP contribution in [0.5, 0.6) is 5.75 Å². The SMILES string of the molecule is Cc1cc(CN(C)C(=O)C2=Cc3ccccc3OC2)no1. The lowest BCUT2D eigenvalue weighted by Crippen LogP contribution is -2.30. The quantitative estimate of drug-likeness (QED) is 0.868. The fourth-order valence-corrected chi connectivity index (χ4v) is 2.29. The number of likely N-dealkylation sites (N-methyl/N-ethyl adjacent to an activating group) is 1. The van der Waals surface area contributed by atoms with Crippen molar-refractivity contribution in [3.05, 3.63) is 52.9 Å². The van der Waals surface area contributed by atoms with Gasteiger partial charge in [0.2, 0.25) is 0 Å². The molecule has 1 aliphatic rings. The van der Waals surface area contributed by atoms with Crippen molar-refractivity contribution in [1.82, 2.24) is 10.1 Å². The molecule has 5 nitrogen and oxygen atoms in total. The number of benzene rings is 1. The number of para-hydroxylation sites is 1. The number of hydrogen-bond donors (Lipinski definition) is 0.